The molecule has 17 heavy (non-hydrogen) atoms. The van der Waals surface area contributed by atoms with Crippen molar-refractivity contribution in [3.8, 4) is 0 Å². The van der Waals surface area contributed by atoms with Gasteiger partial charge in [-0.1, -0.05) is 50.4 Å². The Kier molecular flexibility index (Phi) is 6.53. The number of rotatable bonds is 6. The summed E-state index contributed by atoms with van der Waals surface area (Å²) in [6.07, 6.45) is 3.63. The summed E-state index contributed by atoms with van der Waals surface area (Å²) in [7, 11) is 2.00. The molecule has 0 aromatic heterocycles. The van der Waals surface area contributed by atoms with Crippen molar-refractivity contribution in [2.75, 3.05) is 7.05 Å². The minimum Gasteiger partial charge on any atom is -0.313 e. The van der Waals surface area contributed by atoms with Crippen LogP contribution in [-0.4, -0.2) is 7.05 Å². The summed E-state index contributed by atoms with van der Waals surface area (Å²) < 4.78 is 0.973. The minimum atomic E-state index is 0.346. The van der Waals surface area contributed by atoms with Crippen molar-refractivity contribution in [3.63, 3.8) is 0 Å². The van der Waals surface area contributed by atoms with Crippen LogP contribution in [0.3, 0.4) is 0 Å². The second-order valence-corrected chi connectivity index (χ2v) is 6.04. The summed E-state index contributed by atoms with van der Waals surface area (Å²) in [6, 6.07) is 6.47. The number of hydrogen-bond acceptors (Lipinski definition) is 1. The van der Waals surface area contributed by atoms with E-state index >= 15 is 0 Å². The van der Waals surface area contributed by atoms with E-state index in [1.165, 1.54) is 18.4 Å². The SMILES string of the molecule is CNC(CCCC(C)C)c1cccc(Br)c1Cl. The Morgan fingerprint density at radius 2 is 2.00 bits per heavy atom. The van der Waals surface area contributed by atoms with E-state index in [9.17, 15) is 0 Å². The average Bonchev–Trinajstić information content (AvgIpc) is 2.28. The Morgan fingerprint density at radius 1 is 1.29 bits per heavy atom. The first kappa shape index (κ1) is 15.0. The second-order valence-electron chi connectivity index (χ2n) is 4.81. The molecule has 0 radical (unpaired) electrons. The van der Waals surface area contributed by atoms with Gasteiger partial charge in [0.25, 0.3) is 0 Å². The normalized spacial score (nSPS) is 13.1. The second kappa shape index (κ2) is 7.40. The first-order valence-electron chi connectivity index (χ1n) is 6.17. The van der Waals surface area contributed by atoms with Gasteiger partial charge in [-0.3, -0.25) is 0 Å². The Morgan fingerprint density at radius 3 is 2.59 bits per heavy atom. The average molecular weight is 319 g/mol. The Hall–Kier alpha value is -0.0500. The fourth-order valence-electron chi connectivity index (χ4n) is 1.98. The van der Waals surface area contributed by atoms with E-state index in [-0.39, 0.29) is 0 Å². The number of hydrogen-bond donors (Lipinski definition) is 1. The predicted molar refractivity (Wildman–Crippen MR) is 79.6 cm³/mol. The summed E-state index contributed by atoms with van der Waals surface area (Å²) in [4.78, 5) is 0. The molecule has 96 valence electrons. The molecule has 1 atom stereocenters. The molecule has 0 aliphatic carbocycles. The molecule has 0 spiro atoms. The van der Waals surface area contributed by atoms with E-state index in [2.05, 4.69) is 41.2 Å². The lowest BCUT2D eigenvalue weighted by atomic mass is 9.98. The Labute approximate surface area is 118 Å². The molecule has 1 nitrogen and oxygen atoms in total. The minimum absolute atomic E-state index is 0.346. The quantitative estimate of drug-likeness (QED) is 0.761. The molecule has 0 aliphatic heterocycles. The fourth-order valence-corrected chi connectivity index (χ4v) is 2.61. The Balaban J connectivity index is 2.69. The molecule has 0 fully saturated rings. The fraction of sp³-hybridized carbons (Fsp3) is 0.571. The summed E-state index contributed by atoms with van der Waals surface area (Å²) in [5.74, 6) is 0.769. The first-order chi connectivity index (χ1) is 8.06. The number of benzene rings is 1. The van der Waals surface area contributed by atoms with E-state index in [1.54, 1.807) is 0 Å². The van der Waals surface area contributed by atoms with Crippen LogP contribution in [0.4, 0.5) is 0 Å². The van der Waals surface area contributed by atoms with Crippen LogP contribution in [0, 0.1) is 5.92 Å². The van der Waals surface area contributed by atoms with Gasteiger partial charge in [-0.2, -0.15) is 0 Å². The maximum atomic E-state index is 6.32. The summed E-state index contributed by atoms with van der Waals surface area (Å²) in [5, 5.41) is 4.18. The van der Waals surface area contributed by atoms with Gasteiger partial charge in [-0.25, -0.2) is 0 Å². The molecule has 1 aromatic carbocycles. The molecule has 0 saturated carbocycles. The van der Waals surface area contributed by atoms with Crippen LogP contribution in [0.15, 0.2) is 22.7 Å². The monoisotopic (exact) mass is 317 g/mol. The van der Waals surface area contributed by atoms with Crippen LogP contribution in [-0.2, 0) is 0 Å². The van der Waals surface area contributed by atoms with Crippen molar-refractivity contribution in [1.29, 1.82) is 0 Å². The van der Waals surface area contributed by atoms with Gasteiger partial charge in [-0.15, -0.1) is 0 Å². The molecular weight excluding hydrogens is 298 g/mol. The Bertz CT molecular complexity index is 352. The first-order valence-corrected chi connectivity index (χ1v) is 7.34. The van der Waals surface area contributed by atoms with Crippen molar-refractivity contribution >= 4 is 27.5 Å². The highest BCUT2D eigenvalue weighted by Gasteiger charge is 2.14. The van der Waals surface area contributed by atoms with Crippen molar-refractivity contribution in [2.24, 2.45) is 5.92 Å². The summed E-state index contributed by atoms with van der Waals surface area (Å²) in [6.45, 7) is 4.53. The van der Waals surface area contributed by atoms with Crippen molar-refractivity contribution in [2.45, 2.75) is 39.2 Å². The van der Waals surface area contributed by atoms with Crippen LogP contribution in [0.1, 0.15) is 44.7 Å². The highest BCUT2D eigenvalue weighted by atomic mass is 79.9. The molecule has 0 bridgehead atoms. The molecule has 0 heterocycles. The van der Waals surface area contributed by atoms with Crippen molar-refractivity contribution in [3.05, 3.63) is 33.3 Å². The molecule has 3 heteroatoms. The van der Waals surface area contributed by atoms with Gasteiger partial charge in [-0.05, 0) is 46.9 Å². The van der Waals surface area contributed by atoms with Crippen LogP contribution in [0.5, 0.6) is 0 Å². The van der Waals surface area contributed by atoms with E-state index < -0.39 is 0 Å². The zero-order valence-electron chi connectivity index (χ0n) is 10.8. The molecule has 0 saturated heterocycles. The van der Waals surface area contributed by atoms with Crippen LogP contribution >= 0.6 is 27.5 Å². The summed E-state index contributed by atoms with van der Waals surface area (Å²) in [5.41, 5.74) is 1.19. The number of halogens is 2. The van der Waals surface area contributed by atoms with Crippen LogP contribution < -0.4 is 5.32 Å². The molecule has 1 aromatic rings. The van der Waals surface area contributed by atoms with Crippen molar-refractivity contribution in [1.82, 2.24) is 5.32 Å². The molecule has 1 unspecified atom stereocenters. The maximum Gasteiger partial charge on any atom is 0.0595 e. The van der Waals surface area contributed by atoms with Crippen LogP contribution in [0.25, 0.3) is 0 Å². The third-order valence-electron chi connectivity index (χ3n) is 2.98. The topological polar surface area (TPSA) is 12.0 Å². The van der Waals surface area contributed by atoms with E-state index in [0.29, 0.717) is 6.04 Å². The van der Waals surface area contributed by atoms with Crippen LogP contribution in [0.2, 0.25) is 5.02 Å². The van der Waals surface area contributed by atoms with Gasteiger partial charge in [0.05, 0.1) is 5.02 Å². The van der Waals surface area contributed by atoms with Gasteiger partial charge in [0.1, 0.15) is 0 Å². The van der Waals surface area contributed by atoms with E-state index in [1.807, 2.05) is 19.2 Å². The molecule has 0 amide bonds. The van der Waals surface area contributed by atoms with Crippen molar-refractivity contribution < 1.29 is 0 Å². The summed E-state index contributed by atoms with van der Waals surface area (Å²) >= 11 is 9.80. The lowest BCUT2D eigenvalue weighted by Gasteiger charge is -2.19. The lowest BCUT2D eigenvalue weighted by molar-refractivity contribution is 0.470. The predicted octanol–water partition coefficient (Wildman–Crippen LogP) is 5.19. The van der Waals surface area contributed by atoms with Gasteiger partial charge in [0.15, 0.2) is 0 Å². The molecule has 1 rings (SSSR count). The standard InChI is InChI=1S/C14H21BrClN/c1-10(2)6-4-9-13(17-3)11-7-5-8-12(15)14(11)16/h5,7-8,10,13,17H,4,6,9H2,1-3H3. The highest BCUT2D eigenvalue weighted by molar-refractivity contribution is 9.10. The molecular formula is C14H21BrClN. The zero-order valence-corrected chi connectivity index (χ0v) is 13.1. The molecule has 1 N–H and O–H groups in total. The highest BCUT2D eigenvalue weighted by Crippen LogP contribution is 2.32. The third kappa shape index (κ3) is 4.61. The van der Waals surface area contributed by atoms with Gasteiger partial charge in [0, 0.05) is 10.5 Å². The maximum absolute atomic E-state index is 6.32. The van der Waals surface area contributed by atoms with Gasteiger partial charge in [0.2, 0.25) is 0 Å². The van der Waals surface area contributed by atoms with Gasteiger partial charge < -0.3 is 5.32 Å². The third-order valence-corrected chi connectivity index (χ3v) is 4.29. The van der Waals surface area contributed by atoms with Gasteiger partial charge >= 0.3 is 0 Å². The lowest BCUT2D eigenvalue weighted by Crippen LogP contribution is -2.17. The number of nitrogens with one attached hydrogen (secondary N) is 1. The van der Waals surface area contributed by atoms with E-state index in [0.717, 1.165) is 21.8 Å². The molecule has 0 aliphatic rings. The van der Waals surface area contributed by atoms with E-state index in [4.69, 9.17) is 11.6 Å². The smallest absolute Gasteiger partial charge is 0.0595 e. The largest absolute Gasteiger partial charge is 0.313 e. The zero-order chi connectivity index (χ0) is 12.8.